The summed E-state index contributed by atoms with van der Waals surface area (Å²) >= 11 is 0. The van der Waals surface area contributed by atoms with Crippen LogP contribution >= 0.6 is 0 Å². The second kappa shape index (κ2) is 8.75. The highest BCUT2D eigenvalue weighted by atomic mass is 16.2. The summed E-state index contributed by atoms with van der Waals surface area (Å²) in [7, 11) is 0. The Labute approximate surface area is 180 Å². The third-order valence-corrected chi connectivity index (χ3v) is 5.91. The number of para-hydroxylation sites is 1. The number of rotatable bonds is 7. The topological polar surface area (TPSA) is 89.2 Å². The fourth-order valence-electron chi connectivity index (χ4n) is 4.14. The molecule has 0 bridgehead atoms. The van der Waals surface area contributed by atoms with E-state index in [4.69, 9.17) is 0 Å². The van der Waals surface area contributed by atoms with Gasteiger partial charge in [0, 0.05) is 37.4 Å². The van der Waals surface area contributed by atoms with E-state index in [1.54, 1.807) is 0 Å². The maximum atomic E-state index is 13.1. The molecule has 8 nitrogen and oxygen atoms in total. The fourth-order valence-corrected chi connectivity index (χ4v) is 4.14. The van der Waals surface area contributed by atoms with Crippen LogP contribution in [-0.4, -0.2) is 50.5 Å². The number of likely N-dealkylation sites (tertiary alicyclic amines) is 1. The number of nitrogens with one attached hydrogen (secondary N) is 1. The van der Waals surface area contributed by atoms with Crippen molar-refractivity contribution in [1.82, 2.24) is 24.3 Å². The molecule has 0 aliphatic carbocycles. The van der Waals surface area contributed by atoms with Crippen molar-refractivity contribution < 1.29 is 9.59 Å². The summed E-state index contributed by atoms with van der Waals surface area (Å²) in [5, 5.41) is 3.36. The molecular formula is C23H27N5O3. The van der Waals surface area contributed by atoms with Gasteiger partial charge in [0.05, 0.1) is 5.39 Å². The van der Waals surface area contributed by atoms with Gasteiger partial charge in [-0.25, -0.2) is 4.98 Å². The lowest BCUT2D eigenvalue weighted by atomic mass is 10.2. The molecule has 8 heteroatoms. The van der Waals surface area contributed by atoms with Gasteiger partial charge in [-0.1, -0.05) is 18.2 Å². The Balaban J connectivity index is 1.47. The van der Waals surface area contributed by atoms with Crippen LogP contribution in [0.25, 0.3) is 16.7 Å². The van der Waals surface area contributed by atoms with Crippen LogP contribution in [0, 0.1) is 13.8 Å². The maximum absolute atomic E-state index is 13.1. The van der Waals surface area contributed by atoms with E-state index in [0.717, 1.165) is 29.9 Å². The molecule has 0 saturated carbocycles. The first kappa shape index (κ1) is 20.8. The van der Waals surface area contributed by atoms with Crippen molar-refractivity contribution in [3.8, 4) is 5.69 Å². The van der Waals surface area contributed by atoms with Gasteiger partial charge in [0.1, 0.15) is 12.9 Å². The summed E-state index contributed by atoms with van der Waals surface area (Å²) < 4.78 is 3.32. The second-order valence-corrected chi connectivity index (χ2v) is 7.95. The first-order chi connectivity index (χ1) is 15.0. The van der Waals surface area contributed by atoms with Crippen LogP contribution in [0.15, 0.2) is 41.5 Å². The lowest BCUT2D eigenvalue weighted by Gasteiger charge is -2.15. The van der Waals surface area contributed by atoms with Gasteiger partial charge < -0.3 is 10.2 Å². The second-order valence-electron chi connectivity index (χ2n) is 7.95. The molecule has 1 aliphatic heterocycles. The molecule has 0 spiro atoms. The minimum atomic E-state index is -0.243. The molecule has 1 saturated heterocycles. The summed E-state index contributed by atoms with van der Waals surface area (Å²) in [6.45, 7) is 5.71. The highest BCUT2D eigenvalue weighted by Crippen LogP contribution is 2.24. The molecule has 0 unspecified atom stereocenters. The number of hydrogen-bond acceptors (Lipinski definition) is 4. The number of carbonyl (C=O) groups excluding carboxylic acids is 2. The molecule has 162 valence electrons. The van der Waals surface area contributed by atoms with Crippen LogP contribution < -0.4 is 10.9 Å². The van der Waals surface area contributed by atoms with Crippen LogP contribution in [0.4, 0.5) is 0 Å². The average molecular weight is 422 g/mol. The number of aryl methyl sites for hydroxylation is 1. The molecular weight excluding hydrogens is 394 g/mol. The Morgan fingerprint density at radius 3 is 2.65 bits per heavy atom. The zero-order valence-corrected chi connectivity index (χ0v) is 17.9. The van der Waals surface area contributed by atoms with Gasteiger partial charge in [-0.05, 0) is 44.4 Å². The molecule has 3 aromatic rings. The number of amides is 2. The van der Waals surface area contributed by atoms with Crippen LogP contribution in [0.2, 0.25) is 0 Å². The van der Waals surface area contributed by atoms with Crippen molar-refractivity contribution in [3.63, 3.8) is 0 Å². The standard InChI is InChI=1S/C23H27N5O3/c1-16-17(2)28(18-8-4-3-5-9-18)22-21(16)23(31)27(15-25-22)14-19(29)24-11-7-13-26-12-6-10-20(26)30/h3-5,8-9,15H,6-7,10-14H2,1-2H3,(H,24,29). The zero-order valence-electron chi connectivity index (χ0n) is 17.9. The number of hydrogen-bond donors (Lipinski definition) is 1. The molecule has 31 heavy (non-hydrogen) atoms. The third-order valence-electron chi connectivity index (χ3n) is 5.91. The van der Waals surface area contributed by atoms with E-state index in [-0.39, 0.29) is 23.9 Å². The van der Waals surface area contributed by atoms with Crippen LogP contribution in [0.5, 0.6) is 0 Å². The predicted molar refractivity (Wildman–Crippen MR) is 118 cm³/mol. The SMILES string of the molecule is Cc1c(C)n(-c2ccccc2)c2ncn(CC(=O)NCCCN3CCCC3=O)c(=O)c12. The van der Waals surface area contributed by atoms with Crippen molar-refractivity contribution in [3.05, 3.63) is 58.3 Å². The fraction of sp³-hybridized carbons (Fsp3) is 0.391. The molecule has 2 aromatic heterocycles. The Morgan fingerprint density at radius 2 is 1.94 bits per heavy atom. The molecule has 1 aromatic carbocycles. The molecule has 3 heterocycles. The first-order valence-electron chi connectivity index (χ1n) is 10.6. The van der Waals surface area contributed by atoms with Crippen molar-refractivity contribution in [2.45, 2.75) is 39.7 Å². The van der Waals surface area contributed by atoms with Crippen molar-refractivity contribution >= 4 is 22.8 Å². The van der Waals surface area contributed by atoms with E-state index in [9.17, 15) is 14.4 Å². The van der Waals surface area contributed by atoms with Gasteiger partial charge in [0.2, 0.25) is 11.8 Å². The van der Waals surface area contributed by atoms with Crippen molar-refractivity contribution in [2.24, 2.45) is 0 Å². The van der Waals surface area contributed by atoms with Gasteiger partial charge in [-0.15, -0.1) is 0 Å². The van der Waals surface area contributed by atoms with Gasteiger partial charge in [-0.3, -0.25) is 23.5 Å². The third kappa shape index (κ3) is 4.10. The molecule has 1 aliphatic rings. The highest BCUT2D eigenvalue weighted by Gasteiger charge is 2.20. The molecule has 1 N–H and O–H groups in total. The number of fused-ring (bicyclic) bond motifs is 1. The van der Waals surface area contributed by atoms with E-state index < -0.39 is 0 Å². The van der Waals surface area contributed by atoms with E-state index in [1.165, 1.54) is 10.9 Å². The Morgan fingerprint density at radius 1 is 1.16 bits per heavy atom. The molecule has 1 fully saturated rings. The summed E-state index contributed by atoms with van der Waals surface area (Å²) in [6, 6.07) is 9.78. The van der Waals surface area contributed by atoms with Crippen LogP contribution in [0.1, 0.15) is 30.5 Å². The van der Waals surface area contributed by atoms with Gasteiger partial charge in [-0.2, -0.15) is 0 Å². The van der Waals surface area contributed by atoms with Gasteiger partial charge in [0.15, 0.2) is 5.65 Å². The largest absolute Gasteiger partial charge is 0.354 e. The van der Waals surface area contributed by atoms with Gasteiger partial charge >= 0.3 is 0 Å². The molecule has 0 atom stereocenters. The van der Waals surface area contributed by atoms with E-state index in [1.807, 2.05) is 53.6 Å². The Hall–Kier alpha value is -3.42. The predicted octanol–water partition coefficient (Wildman–Crippen LogP) is 1.93. The Kier molecular flexibility index (Phi) is 5.88. The number of carbonyl (C=O) groups is 2. The maximum Gasteiger partial charge on any atom is 0.263 e. The minimum Gasteiger partial charge on any atom is -0.354 e. The lowest BCUT2D eigenvalue weighted by molar-refractivity contribution is -0.127. The Bertz CT molecular complexity index is 1180. The van der Waals surface area contributed by atoms with Crippen LogP contribution in [-0.2, 0) is 16.1 Å². The number of nitrogens with zero attached hydrogens (tertiary/aromatic N) is 4. The van der Waals surface area contributed by atoms with E-state index >= 15 is 0 Å². The minimum absolute atomic E-state index is 0.0839. The van der Waals surface area contributed by atoms with E-state index in [0.29, 0.717) is 37.0 Å². The smallest absolute Gasteiger partial charge is 0.263 e. The summed E-state index contributed by atoms with van der Waals surface area (Å²) in [4.78, 5) is 43.4. The van der Waals surface area contributed by atoms with E-state index in [2.05, 4.69) is 10.3 Å². The summed E-state index contributed by atoms with van der Waals surface area (Å²) in [5.41, 5.74) is 3.12. The average Bonchev–Trinajstić information content (AvgIpc) is 3.29. The van der Waals surface area contributed by atoms with Gasteiger partial charge in [0.25, 0.3) is 5.56 Å². The lowest BCUT2D eigenvalue weighted by Crippen LogP contribution is -2.34. The van der Waals surface area contributed by atoms with Crippen molar-refractivity contribution in [1.29, 1.82) is 0 Å². The monoisotopic (exact) mass is 421 g/mol. The number of aromatic nitrogens is 3. The summed E-state index contributed by atoms with van der Waals surface area (Å²) in [5.74, 6) is -0.0572. The zero-order chi connectivity index (χ0) is 22.0. The van der Waals surface area contributed by atoms with Crippen LogP contribution in [0.3, 0.4) is 0 Å². The molecule has 2 amide bonds. The quantitative estimate of drug-likeness (QED) is 0.591. The first-order valence-corrected chi connectivity index (χ1v) is 10.6. The number of benzene rings is 1. The normalized spacial score (nSPS) is 13.9. The summed E-state index contributed by atoms with van der Waals surface area (Å²) in [6.07, 6.45) is 3.66. The van der Waals surface area contributed by atoms with Crippen molar-refractivity contribution in [2.75, 3.05) is 19.6 Å². The molecule has 0 radical (unpaired) electrons. The molecule has 4 rings (SSSR count). The highest BCUT2D eigenvalue weighted by molar-refractivity contribution is 5.83.